The molecule has 1 aromatic carbocycles. The van der Waals surface area contributed by atoms with Crippen LogP contribution in [0.25, 0.3) is 0 Å². The van der Waals surface area contributed by atoms with E-state index < -0.39 is 17.7 Å². The van der Waals surface area contributed by atoms with Gasteiger partial charge in [-0.1, -0.05) is 25.0 Å². The molecule has 6 nitrogen and oxygen atoms in total. The lowest BCUT2D eigenvalue weighted by molar-refractivity contribution is -0.138. The lowest BCUT2D eigenvalue weighted by Gasteiger charge is -2.15. The molecular formula is C15H16N2O4. The average molecular weight is 288 g/mol. The number of carbonyl (C=O) groups is 3. The summed E-state index contributed by atoms with van der Waals surface area (Å²) in [5, 5.41) is 0. The summed E-state index contributed by atoms with van der Waals surface area (Å²) in [6.45, 7) is -0.320. The second-order valence-electron chi connectivity index (χ2n) is 5.29. The monoisotopic (exact) mass is 288 g/mol. The van der Waals surface area contributed by atoms with Crippen molar-refractivity contribution in [2.75, 3.05) is 6.54 Å². The van der Waals surface area contributed by atoms with Crippen LogP contribution in [0.2, 0.25) is 0 Å². The first-order valence-electron chi connectivity index (χ1n) is 7.06. The number of hydroxylamine groups is 1. The molecule has 0 bridgehead atoms. The molecule has 0 atom stereocenters. The summed E-state index contributed by atoms with van der Waals surface area (Å²) >= 11 is 0. The number of hydrogen-bond acceptors (Lipinski definition) is 4. The smallest absolute Gasteiger partial charge is 0.263 e. The summed E-state index contributed by atoms with van der Waals surface area (Å²) in [5.74, 6) is -1.37. The van der Waals surface area contributed by atoms with Crippen molar-refractivity contribution in [2.45, 2.75) is 31.8 Å². The Hall–Kier alpha value is -2.21. The fourth-order valence-corrected chi connectivity index (χ4v) is 2.71. The summed E-state index contributed by atoms with van der Waals surface area (Å²) in [5.41, 5.74) is 3.01. The van der Waals surface area contributed by atoms with Crippen LogP contribution >= 0.6 is 0 Å². The van der Waals surface area contributed by atoms with Crippen LogP contribution in [0, 0.1) is 0 Å². The number of fused-ring (bicyclic) bond motifs is 1. The van der Waals surface area contributed by atoms with Gasteiger partial charge in [-0.15, -0.1) is 0 Å². The van der Waals surface area contributed by atoms with E-state index in [4.69, 9.17) is 4.84 Å². The Morgan fingerprint density at radius 3 is 2.29 bits per heavy atom. The SMILES string of the molecule is O=C(CN1C(=O)c2ccccc2C1=O)NOC1CCCC1. The summed E-state index contributed by atoms with van der Waals surface area (Å²) in [6, 6.07) is 6.55. The minimum absolute atomic E-state index is 0.0381. The molecule has 0 radical (unpaired) electrons. The third-order valence-corrected chi connectivity index (χ3v) is 3.82. The Morgan fingerprint density at radius 1 is 1.14 bits per heavy atom. The molecule has 3 rings (SSSR count). The van der Waals surface area contributed by atoms with E-state index in [9.17, 15) is 14.4 Å². The number of nitrogens with one attached hydrogen (secondary N) is 1. The Kier molecular flexibility index (Phi) is 3.70. The summed E-state index contributed by atoms with van der Waals surface area (Å²) < 4.78 is 0. The second kappa shape index (κ2) is 5.65. The molecule has 6 heteroatoms. The van der Waals surface area contributed by atoms with E-state index in [1.807, 2.05) is 0 Å². The molecule has 3 amide bonds. The van der Waals surface area contributed by atoms with Crippen LogP contribution in [0.3, 0.4) is 0 Å². The number of carbonyl (C=O) groups excluding carboxylic acids is 3. The van der Waals surface area contributed by atoms with Crippen LogP contribution in [-0.4, -0.2) is 35.3 Å². The van der Waals surface area contributed by atoms with Crippen molar-refractivity contribution >= 4 is 17.7 Å². The Morgan fingerprint density at radius 2 is 1.71 bits per heavy atom. The van der Waals surface area contributed by atoms with Crippen LogP contribution in [0.15, 0.2) is 24.3 Å². The molecule has 0 spiro atoms. The Bertz CT molecular complexity index is 558. The number of hydrogen-bond donors (Lipinski definition) is 1. The largest absolute Gasteiger partial charge is 0.271 e. The summed E-state index contributed by atoms with van der Waals surface area (Å²) in [7, 11) is 0. The van der Waals surface area contributed by atoms with Crippen molar-refractivity contribution < 1.29 is 19.2 Å². The van der Waals surface area contributed by atoms with Gasteiger partial charge < -0.3 is 0 Å². The fraction of sp³-hybridized carbons (Fsp3) is 0.400. The molecule has 21 heavy (non-hydrogen) atoms. The van der Waals surface area contributed by atoms with Crippen LogP contribution in [0.1, 0.15) is 46.4 Å². The van der Waals surface area contributed by atoms with E-state index in [2.05, 4.69) is 5.48 Å². The van der Waals surface area contributed by atoms with Crippen molar-refractivity contribution in [2.24, 2.45) is 0 Å². The number of imide groups is 1. The summed E-state index contributed by atoms with van der Waals surface area (Å²) in [6.07, 6.45) is 4.08. The van der Waals surface area contributed by atoms with Gasteiger partial charge in [0, 0.05) is 0 Å². The van der Waals surface area contributed by atoms with E-state index in [0.29, 0.717) is 11.1 Å². The Labute approximate surface area is 122 Å². The van der Waals surface area contributed by atoms with E-state index >= 15 is 0 Å². The zero-order valence-corrected chi connectivity index (χ0v) is 11.5. The molecule has 0 unspecified atom stereocenters. The number of rotatable bonds is 4. The average Bonchev–Trinajstić information content (AvgIpc) is 3.09. The van der Waals surface area contributed by atoms with Crippen molar-refractivity contribution in [3.8, 4) is 0 Å². The standard InChI is InChI=1S/C15H16N2O4/c18-13(16-21-10-5-1-2-6-10)9-17-14(19)11-7-3-4-8-12(11)15(17)20/h3-4,7-8,10H,1-2,5-6,9H2,(H,16,18). The zero-order valence-electron chi connectivity index (χ0n) is 11.5. The minimum atomic E-state index is -0.489. The predicted octanol–water partition coefficient (Wildman–Crippen LogP) is 1.27. The Balaban J connectivity index is 1.59. The summed E-state index contributed by atoms with van der Waals surface area (Å²) in [4.78, 5) is 42.2. The van der Waals surface area contributed by atoms with E-state index in [1.54, 1.807) is 24.3 Å². The molecule has 1 heterocycles. The maximum Gasteiger partial charge on any atom is 0.263 e. The maximum absolute atomic E-state index is 12.1. The molecular weight excluding hydrogens is 272 g/mol. The highest BCUT2D eigenvalue weighted by atomic mass is 16.7. The highest BCUT2D eigenvalue weighted by molar-refractivity contribution is 6.22. The van der Waals surface area contributed by atoms with Gasteiger partial charge in [0.05, 0.1) is 17.2 Å². The van der Waals surface area contributed by atoms with Crippen LogP contribution in [0.5, 0.6) is 0 Å². The van der Waals surface area contributed by atoms with Crippen LogP contribution < -0.4 is 5.48 Å². The molecule has 0 saturated heterocycles. The molecule has 1 saturated carbocycles. The van der Waals surface area contributed by atoms with Gasteiger partial charge in [0.15, 0.2) is 0 Å². The van der Waals surface area contributed by atoms with Crippen LogP contribution in [0.4, 0.5) is 0 Å². The van der Waals surface area contributed by atoms with Gasteiger partial charge in [0.2, 0.25) is 0 Å². The minimum Gasteiger partial charge on any atom is -0.271 e. The zero-order chi connectivity index (χ0) is 14.8. The first-order valence-corrected chi connectivity index (χ1v) is 7.06. The quantitative estimate of drug-likeness (QED) is 0.669. The highest BCUT2D eigenvalue weighted by Gasteiger charge is 2.36. The highest BCUT2D eigenvalue weighted by Crippen LogP contribution is 2.22. The number of nitrogens with zero attached hydrogens (tertiary/aromatic N) is 1. The van der Waals surface area contributed by atoms with E-state index in [0.717, 1.165) is 30.6 Å². The normalized spacial score (nSPS) is 18.2. The van der Waals surface area contributed by atoms with Gasteiger partial charge >= 0.3 is 0 Å². The molecule has 2 aliphatic rings. The number of benzene rings is 1. The molecule has 1 N–H and O–H groups in total. The molecule has 110 valence electrons. The third kappa shape index (κ3) is 2.67. The van der Waals surface area contributed by atoms with E-state index in [-0.39, 0.29) is 12.6 Å². The van der Waals surface area contributed by atoms with Crippen molar-refractivity contribution in [1.82, 2.24) is 10.4 Å². The van der Waals surface area contributed by atoms with Gasteiger partial charge in [-0.05, 0) is 25.0 Å². The lowest BCUT2D eigenvalue weighted by atomic mass is 10.1. The molecule has 1 aromatic rings. The predicted molar refractivity (Wildman–Crippen MR) is 73.3 cm³/mol. The maximum atomic E-state index is 12.1. The van der Waals surface area contributed by atoms with Crippen molar-refractivity contribution in [3.05, 3.63) is 35.4 Å². The van der Waals surface area contributed by atoms with Crippen molar-refractivity contribution in [1.29, 1.82) is 0 Å². The van der Waals surface area contributed by atoms with Gasteiger partial charge in [-0.25, -0.2) is 5.48 Å². The topological polar surface area (TPSA) is 75.7 Å². The lowest BCUT2D eigenvalue weighted by Crippen LogP contribution is -2.41. The van der Waals surface area contributed by atoms with Gasteiger partial charge in [0.25, 0.3) is 17.7 Å². The van der Waals surface area contributed by atoms with E-state index in [1.165, 1.54) is 0 Å². The first kappa shape index (κ1) is 13.8. The van der Waals surface area contributed by atoms with Crippen molar-refractivity contribution in [3.63, 3.8) is 0 Å². The van der Waals surface area contributed by atoms with Gasteiger partial charge in [0.1, 0.15) is 6.54 Å². The second-order valence-corrected chi connectivity index (χ2v) is 5.29. The fourth-order valence-electron chi connectivity index (χ4n) is 2.71. The number of amides is 3. The van der Waals surface area contributed by atoms with Crippen LogP contribution in [-0.2, 0) is 9.63 Å². The molecule has 1 aliphatic heterocycles. The third-order valence-electron chi connectivity index (χ3n) is 3.82. The van der Waals surface area contributed by atoms with Gasteiger partial charge in [-0.2, -0.15) is 0 Å². The molecule has 0 aromatic heterocycles. The molecule has 1 aliphatic carbocycles. The molecule has 1 fully saturated rings. The first-order chi connectivity index (χ1) is 10.2. The van der Waals surface area contributed by atoms with Gasteiger partial charge in [-0.3, -0.25) is 24.1 Å².